The molecule has 62 valence electrons. The Kier molecular flexibility index (Phi) is 1.72. The third kappa shape index (κ3) is 1.40. The smallest absolute Gasteiger partial charge is 0.340 e. The van der Waals surface area contributed by atoms with Crippen LogP contribution in [0.4, 0.5) is 0 Å². The normalized spacial score (nSPS) is 24.4. The summed E-state index contributed by atoms with van der Waals surface area (Å²) in [6, 6.07) is -0.305. The number of ether oxygens (including phenoxy) is 1. The number of esters is 1. The van der Waals surface area contributed by atoms with Crippen LogP contribution in [0.15, 0.2) is 4.99 Å². The maximum atomic E-state index is 11.0. The van der Waals surface area contributed by atoms with E-state index in [1.54, 1.807) is 20.8 Å². The van der Waals surface area contributed by atoms with Crippen LogP contribution in [0.25, 0.3) is 0 Å². The number of carbonyl (C=O) groups excluding carboxylic acids is 1. The third-order valence-electron chi connectivity index (χ3n) is 1.48. The van der Waals surface area contributed by atoms with Crippen LogP contribution in [0.1, 0.15) is 20.8 Å². The van der Waals surface area contributed by atoms with Crippen molar-refractivity contribution in [3.05, 3.63) is 0 Å². The first-order valence-electron chi connectivity index (χ1n) is 3.51. The second kappa shape index (κ2) is 2.30. The Morgan fingerprint density at radius 1 is 1.64 bits per heavy atom. The molecule has 0 aromatic heterocycles. The van der Waals surface area contributed by atoms with E-state index >= 15 is 0 Å². The fraction of sp³-hybridized carbons (Fsp3) is 0.714. The highest BCUT2D eigenvalue weighted by Crippen LogP contribution is 2.19. The zero-order valence-corrected chi connectivity index (χ0v) is 6.92. The summed E-state index contributed by atoms with van der Waals surface area (Å²) in [5.41, 5.74) is 4.73. The quantitative estimate of drug-likeness (QED) is 0.546. The molecule has 0 bridgehead atoms. The van der Waals surface area contributed by atoms with Crippen LogP contribution in [-0.2, 0) is 9.53 Å². The number of hydrogen-bond donors (Lipinski definition) is 1. The Hall–Kier alpha value is -0.900. The van der Waals surface area contributed by atoms with Crippen molar-refractivity contribution in [2.75, 3.05) is 0 Å². The monoisotopic (exact) mass is 156 g/mol. The first-order chi connectivity index (χ1) is 4.93. The van der Waals surface area contributed by atoms with E-state index in [4.69, 9.17) is 10.5 Å². The molecule has 0 radical (unpaired) electrons. The predicted octanol–water partition coefficient (Wildman–Crippen LogP) is 0.0675. The van der Waals surface area contributed by atoms with Gasteiger partial charge in [0.05, 0.1) is 6.04 Å². The van der Waals surface area contributed by atoms with Gasteiger partial charge in [0.25, 0.3) is 0 Å². The van der Waals surface area contributed by atoms with E-state index in [0.717, 1.165) is 0 Å². The Morgan fingerprint density at radius 3 is 2.36 bits per heavy atom. The van der Waals surface area contributed by atoms with Crippen molar-refractivity contribution in [1.82, 2.24) is 0 Å². The van der Waals surface area contributed by atoms with Crippen molar-refractivity contribution in [2.24, 2.45) is 10.7 Å². The second-order valence-electron chi connectivity index (χ2n) is 3.19. The summed E-state index contributed by atoms with van der Waals surface area (Å²) in [7, 11) is 0. The summed E-state index contributed by atoms with van der Waals surface area (Å²) < 4.78 is 4.82. The SMILES string of the molecule is CC(N)C1=NC(C)(C)C(=O)O1. The van der Waals surface area contributed by atoms with Gasteiger partial charge >= 0.3 is 5.97 Å². The lowest BCUT2D eigenvalue weighted by atomic mass is 10.1. The van der Waals surface area contributed by atoms with Gasteiger partial charge in [-0.15, -0.1) is 0 Å². The van der Waals surface area contributed by atoms with Crippen molar-refractivity contribution >= 4 is 11.9 Å². The molecule has 1 unspecified atom stereocenters. The highest BCUT2D eigenvalue weighted by atomic mass is 16.6. The lowest BCUT2D eigenvalue weighted by Crippen LogP contribution is -2.28. The van der Waals surface area contributed by atoms with Gasteiger partial charge in [0.1, 0.15) is 0 Å². The van der Waals surface area contributed by atoms with Gasteiger partial charge in [-0.25, -0.2) is 9.79 Å². The molecule has 0 amide bonds. The molecule has 1 aliphatic heterocycles. The molecule has 1 atom stereocenters. The number of cyclic esters (lactones) is 1. The van der Waals surface area contributed by atoms with Crippen LogP contribution in [0.2, 0.25) is 0 Å². The van der Waals surface area contributed by atoms with Crippen LogP contribution < -0.4 is 5.73 Å². The molecule has 1 rings (SSSR count). The van der Waals surface area contributed by atoms with Gasteiger partial charge in [0, 0.05) is 0 Å². The number of nitrogens with zero attached hydrogens (tertiary/aromatic N) is 1. The van der Waals surface area contributed by atoms with Crippen molar-refractivity contribution in [1.29, 1.82) is 0 Å². The zero-order valence-electron chi connectivity index (χ0n) is 6.92. The summed E-state index contributed by atoms with van der Waals surface area (Å²) in [6.45, 7) is 5.13. The molecule has 0 saturated heterocycles. The van der Waals surface area contributed by atoms with Crippen molar-refractivity contribution in [2.45, 2.75) is 32.4 Å². The second-order valence-corrected chi connectivity index (χ2v) is 3.19. The van der Waals surface area contributed by atoms with E-state index in [1.807, 2.05) is 0 Å². The highest BCUT2D eigenvalue weighted by molar-refractivity contribution is 6.01. The maximum absolute atomic E-state index is 11.0. The predicted molar refractivity (Wildman–Crippen MR) is 41.3 cm³/mol. The Balaban J connectivity index is 2.84. The van der Waals surface area contributed by atoms with Crippen LogP contribution in [0, 0.1) is 0 Å². The van der Waals surface area contributed by atoms with E-state index in [0.29, 0.717) is 5.90 Å². The Morgan fingerprint density at radius 2 is 2.18 bits per heavy atom. The Labute approximate surface area is 65.4 Å². The average Bonchev–Trinajstić information content (AvgIpc) is 2.08. The number of rotatable bonds is 1. The van der Waals surface area contributed by atoms with Gasteiger partial charge in [-0.05, 0) is 20.8 Å². The van der Waals surface area contributed by atoms with Gasteiger partial charge in [-0.3, -0.25) is 0 Å². The minimum absolute atomic E-state index is 0.305. The molecular formula is C7H12N2O2. The molecule has 0 aliphatic carbocycles. The van der Waals surface area contributed by atoms with Crippen LogP contribution in [0.5, 0.6) is 0 Å². The molecule has 2 N–H and O–H groups in total. The minimum atomic E-state index is -0.747. The Bertz CT molecular complexity index is 218. The molecule has 1 aliphatic rings. The summed E-state index contributed by atoms with van der Waals surface area (Å²) in [5, 5.41) is 0. The summed E-state index contributed by atoms with van der Waals surface area (Å²) in [5.74, 6) is 0.00444. The van der Waals surface area contributed by atoms with Crippen LogP contribution in [-0.4, -0.2) is 23.4 Å². The third-order valence-corrected chi connectivity index (χ3v) is 1.48. The zero-order chi connectivity index (χ0) is 8.65. The van der Waals surface area contributed by atoms with E-state index in [9.17, 15) is 4.79 Å². The first kappa shape index (κ1) is 8.20. The van der Waals surface area contributed by atoms with Gasteiger partial charge in [-0.2, -0.15) is 0 Å². The molecule has 0 spiro atoms. The van der Waals surface area contributed by atoms with E-state index < -0.39 is 5.54 Å². The van der Waals surface area contributed by atoms with E-state index in [-0.39, 0.29) is 12.0 Å². The summed E-state index contributed by atoms with van der Waals surface area (Å²) >= 11 is 0. The molecule has 0 aromatic carbocycles. The lowest BCUT2D eigenvalue weighted by Gasteiger charge is -2.05. The minimum Gasteiger partial charge on any atom is -0.408 e. The lowest BCUT2D eigenvalue weighted by molar-refractivity contribution is -0.138. The molecule has 0 saturated carbocycles. The van der Waals surface area contributed by atoms with Crippen LogP contribution in [0.3, 0.4) is 0 Å². The van der Waals surface area contributed by atoms with Crippen molar-refractivity contribution < 1.29 is 9.53 Å². The number of carbonyl (C=O) groups is 1. The molecule has 4 nitrogen and oxygen atoms in total. The number of aliphatic imine (C=N–C) groups is 1. The van der Waals surface area contributed by atoms with Crippen molar-refractivity contribution in [3.63, 3.8) is 0 Å². The van der Waals surface area contributed by atoms with Gasteiger partial charge in [0.2, 0.25) is 5.90 Å². The van der Waals surface area contributed by atoms with E-state index in [1.165, 1.54) is 0 Å². The summed E-state index contributed by atoms with van der Waals surface area (Å²) in [6.07, 6.45) is 0. The van der Waals surface area contributed by atoms with E-state index in [2.05, 4.69) is 4.99 Å². The van der Waals surface area contributed by atoms with Crippen LogP contribution >= 0.6 is 0 Å². The molecular weight excluding hydrogens is 144 g/mol. The van der Waals surface area contributed by atoms with Gasteiger partial charge in [0.15, 0.2) is 5.54 Å². The van der Waals surface area contributed by atoms with Gasteiger partial charge < -0.3 is 10.5 Å². The fourth-order valence-electron chi connectivity index (χ4n) is 0.759. The summed E-state index contributed by atoms with van der Waals surface area (Å²) in [4.78, 5) is 15.0. The molecule has 1 heterocycles. The standard InChI is InChI=1S/C7H12N2O2/c1-4(8)5-9-7(2,3)6(10)11-5/h4H,8H2,1-3H3. The fourth-order valence-corrected chi connectivity index (χ4v) is 0.759. The first-order valence-corrected chi connectivity index (χ1v) is 3.51. The molecule has 0 aromatic rings. The maximum Gasteiger partial charge on any atom is 0.340 e. The highest BCUT2D eigenvalue weighted by Gasteiger charge is 2.37. The number of nitrogens with two attached hydrogens (primary N) is 1. The number of hydrogen-bond acceptors (Lipinski definition) is 4. The molecule has 0 fully saturated rings. The van der Waals surface area contributed by atoms with Gasteiger partial charge in [-0.1, -0.05) is 0 Å². The molecule has 4 heteroatoms. The van der Waals surface area contributed by atoms with Crippen molar-refractivity contribution in [3.8, 4) is 0 Å². The topological polar surface area (TPSA) is 64.7 Å². The largest absolute Gasteiger partial charge is 0.408 e. The molecule has 11 heavy (non-hydrogen) atoms. The average molecular weight is 156 g/mol.